The number of hydrogen-bond donors (Lipinski definition) is 1. The topological polar surface area (TPSA) is 50.8 Å². The van der Waals surface area contributed by atoms with Crippen LogP contribution in [0.2, 0.25) is 0 Å². The van der Waals surface area contributed by atoms with Gasteiger partial charge in [-0.05, 0) is 66.9 Å². The second kappa shape index (κ2) is 9.28. The Bertz CT molecular complexity index is 563. The van der Waals surface area contributed by atoms with Gasteiger partial charge in [0.15, 0.2) is 11.5 Å². The number of ether oxygens (including phenoxy) is 2. The molecule has 1 aromatic carbocycles. The lowest BCUT2D eigenvalue weighted by molar-refractivity contribution is -0.127. The molecule has 1 aromatic rings. The molecule has 24 heavy (non-hydrogen) atoms. The van der Waals surface area contributed by atoms with Gasteiger partial charge < -0.3 is 19.7 Å². The summed E-state index contributed by atoms with van der Waals surface area (Å²) in [6, 6.07) is 4.05. The van der Waals surface area contributed by atoms with Crippen LogP contribution in [0.5, 0.6) is 11.5 Å². The number of likely N-dealkylation sites (tertiary alicyclic amines) is 1. The normalized spacial score (nSPS) is 14.5. The molecule has 0 aliphatic carbocycles. The van der Waals surface area contributed by atoms with Gasteiger partial charge >= 0.3 is 0 Å². The molecule has 0 aromatic heterocycles. The fraction of sp³-hybridized carbons (Fsp3) is 0.611. The van der Waals surface area contributed by atoms with Gasteiger partial charge in [0.05, 0.1) is 17.7 Å². The maximum atomic E-state index is 11.6. The molecule has 2 rings (SSSR count). The van der Waals surface area contributed by atoms with Crippen LogP contribution in [0.3, 0.4) is 0 Å². The van der Waals surface area contributed by atoms with Gasteiger partial charge in [-0.25, -0.2) is 0 Å². The van der Waals surface area contributed by atoms with Crippen molar-refractivity contribution in [2.75, 3.05) is 26.7 Å². The summed E-state index contributed by atoms with van der Waals surface area (Å²) in [5, 5.41) is 3.42. The summed E-state index contributed by atoms with van der Waals surface area (Å²) in [6.07, 6.45) is 2.78. The van der Waals surface area contributed by atoms with Crippen LogP contribution in [0.1, 0.15) is 38.7 Å². The van der Waals surface area contributed by atoms with E-state index in [0.717, 1.165) is 60.6 Å². The Hall–Kier alpha value is -1.27. The van der Waals surface area contributed by atoms with Gasteiger partial charge in [-0.3, -0.25) is 4.79 Å². The first kappa shape index (κ1) is 19.1. The van der Waals surface area contributed by atoms with Crippen LogP contribution < -0.4 is 14.8 Å². The molecule has 0 spiro atoms. The summed E-state index contributed by atoms with van der Waals surface area (Å²) in [7, 11) is 1.65. The minimum absolute atomic E-state index is 0.0903. The molecular formula is C18H27BrN2O3. The molecule has 5 nitrogen and oxygen atoms in total. The summed E-state index contributed by atoms with van der Waals surface area (Å²) in [5.41, 5.74) is 1.13. The highest BCUT2D eigenvalue weighted by molar-refractivity contribution is 9.10. The molecule has 0 bridgehead atoms. The first-order chi connectivity index (χ1) is 11.5. The summed E-state index contributed by atoms with van der Waals surface area (Å²) >= 11 is 3.56. The number of nitrogens with zero attached hydrogens (tertiary/aromatic N) is 1. The molecule has 1 heterocycles. The number of benzene rings is 1. The molecule has 1 fully saturated rings. The zero-order valence-electron chi connectivity index (χ0n) is 14.7. The van der Waals surface area contributed by atoms with Crippen molar-refractivity contribution in [2.24, 2.45) is 0 Å². The maximum absolute atomic E-state index is 11.6. The second-order valence-electron chi connectivity index (χ2n) is 6.29. The van der Waals surface area contributed by atoms with Crippen LogP contribution in [-0.4, -0.2) is 43.7 Å². The van der Waals surface area contributed by atoms with E-state index in [9.17, 15) is 4.79 Å². The molecule has 0 atom stereocenters. The highest BCUT2D eigenvalue weighted by Gasteiger charge is 2.19. The van der Waals surface area contributed by atoms with Gasteiger partial charge in [0.1, 0.15) is 0 Å². The van der Waals surface area contributed by atoms with Gasteiger partial charge in [-0.1, -0.05) is 0 Å². The fourth-order valence-electron chi connectivity index (χ4n) is 2.79. The lowest BCUT2D eigenvalue weighted by Crippen LogP contribution is -2.28. The molecule has 1 aliphatic rings. The third-order valence-electron chi connectivity index (χ3n) is 3.92. The minimum atomic E-state index is 0.0903. The van der Waals surface area contributed by atoms with Gasteiger partial charge in [0.2, 0.25) is 5.91 Å². The van der Waals surface area contributed by atoms with Crippen LogP contribution in [0.15, 0.2) is 16.6 Å². The van der Waals surface area contributed by atoms with E-state index >= 15 is 0 Å². The Morgan fingerprint density at radius 2 is 2.17 bits per heavy atom. The van der Waals surface area contributed by atoms with Crippen LogP contribution in [-0.2, 0) is 11.3 Å². The Morgan fingerprint density at radius 1 is 1.38 bits per heavy atom. The number of carbonyl (C=O) groups excluding carboxylic acids is 1. The molecule has 0 radical (unpaired) electrons. The Labute approximate surface area is 152 Å². The van der Waals surface area contributed by atoms with E-state index in [1.54, 1.807) is 7.11 Å². The lowest BCUT2D eigenvalue weighted by Gasteiger charge is -2.17. The molecular weight excluding hydrogens is 372 g/mol. The fourth-order valence-corrected chi connectivity index (χ4v) is 3.38. The molecule has 0 saturated carbocycles. The van der Waals surface area contributed by atoms with E-state index in [1.165, 1.54) is 0 Å². The van der Waals surface area contributed by atoms with E-state index in [1.807, 2.05) is 24.8 Å². The van der Waals surface area contributed by atoms with Gasteiger partial charge in [-0.15, -0.1) is 0 Å². The second-order valence-corrected chi connectivity index (χ2v) is 7.14. The lowest BCUT2D eigenvalue weighted by atomic mass is 10.2. The molecule has 134 valence electrons. The molecule has 1 N–H and O–H groups in total. The SMILES string of the molecule is COc1cc(CNCCCN2CCCC2=O)cc(Br)c1OC(C)C. The first-order valence-electron chi connectivity index (χ1n) is 8.52. The van der Waals surface area contributed by atoms with Crippen molar-refractivity contribution in [2.45, 2.75) is 45.8 Å². The Balaban J connectivity index is 1.81. The Morgan fingerprint density at radius 3 is 2.79 bits per heavy atom. The average molecular weight is 399 g/mol. The van der Waals surface area contributed by atoms with Crippen molar-refractivity contribution in [3.8, 4) is 11.5 Å². The minimum Gasteiger partial charge on any atom is -0.493 e. The van der Waals surface area contributed by atoms with Gasteiger partial charge in [0.25, 0.3) is 0 Å². The number of halogens is 1. The monoisotopic (exact) mass is 398 g/mol. The van der Waals surface area contributed by atoms with E-state index in [0.29, 0.717) is 12.3 Å². The number of nitrogens with one attached hydrogen (secondary N) is 1. The van der Waals surface area contributed by atoms with Crippen molar-refractivity contribution in [3.05, 3.63) is 22.2 Å². The maximum Gasteiger partial charge on any atom is 0.222 e. The summed E-state index contributed by atoms with van der Waals surface area (Å²) in [4.78, 5) is 13.5. The van der Waals surface area contributed by atoms with Gasteiger partial charge in [0, 0.05) is 26.1 Å². The smallest absolute Gasteiger partial charge is 0.222 e. The third kappa shape index (κ3) is 5.38. The van der Waals surface area contributed by atoms with Crippen molar-refractivity contribution in [1.82, 2.24) is 10.2 Å². The van der Waals surface area contributed by atoms with Crippen LogP contribution in [0.25, 0.3) is 0 Å². The van der Waals surface area contributed by atoms with Crippen LogP contribution in [0, 0.1) is 0 Å². The average Bonchev–Trinajstić information content (AvgIpc) is 2.94. The highest BCUT2D eigenvalue weighted by atomic mass is 79.9. The highest BCUT2D eigenvalue weighted by Crippen LogP contribution is 2.37. The molecule has 1 aliphatic heterocycles. The van der Waals surface area contributed by atoms with Crippen molar-refractivity contribution in [3.63, 3.8) is 0 Å². The number of rotatable bonds is 9. The number of amides is 1. The van der Waals surface area contributed by atoms with Crippen molar-refractivity contribution >= 4 is 21.8 Å². The van der Waals surface area contributed by atoms with Crippen molar-refractivity contribution in [1.29, 1.82) is 0 Å². The van der Waals surface area contributed by atoms with Crippen LogP contribution >= 0.6 is 15.9 Å². The van der Waals surface area contributed by atoms with E-state index < -0.39 is 0 Å². The Kier molecular flexibility index (Phi) is 7.37. The zero-order chi connectivity index (χ0) is 17.5. The molecule has 0 unspecified atom stereocenters. The quantitative estimate of drug-likeness (QED) is 0.648. The summed E-state index contributed by atoms with van der Waals surface area (Å²) < 4.78 is 12.1. The van der Waals surface area contributed by atoms with Gasteiger partial charge in [-0.2, -0.15) is 0 Å². The summed E-state index contributed by atoms with van der Waals surface area (Å²) in [6.45, 7) is 7.39. The number of carbonyl (C=O) groups is 1. The predicted octanol–water partition coefficient (Wildman–Crippen LogP) is 3.35. The molecule has 1 saturated heterocycles. The van der Waals surface area contributed by atoms with E-state index in [4.69, 9.17) is 9.47 Å². The van der Waals surface area contributed by atoms with Crippen LogP contribution in [0.4, 0.5) is 0 Å². The zero-order valence-corrected chi connectivity index (χ0v) is 16.3. The number of methoxy groups -OCH3 is 1. The third-order valence-corrected chi connectivity index (χ3v) is 4.51. The molecule has 1 amide bonds. The number of hydrogen-bond acceptors (Lipinski definition) is 4. The molecule has 6 heteroatoms. The first-order valence-corrected chi connectivity index (χ1v) is 9.32. The van der Waals surface area contributed by atoms with E-state index in [-0.39, 0.29) is 6.10 Å². The standard InChI is InChI=1S/C18H27BrN2O3/c1-13(2)24-18-15(19)10-14(11-16(18)23-3)12-20-7-5-9-21-8-4-6-17(21)22/h10-11,13,20H,4-9,12H2,1-3H3. The van der Waals surface area contributed by atoms with E-state index in [2.05, 4.69) is 27.3 Å². The largest absolute Gasteiger partial charge is 0.493 e. The summed E-state index contributed by atoms with van der Waals surface area (Å²) in [5.74, 6) is 1.77. The van der Waals surface area contributed by atoms with Crippen molar-refractivity contribution < 1.29 is 14.3 Å². The predicted molar refractivity (Wildman–Crippen MR) is 98.6 cm³/mol.